The molecule has 170 valence electrons. The van der Waals surface area contributed by atoms with Gasteiger partial charge in [0.15, 0.2) is 11.4 Å². The van der Waals surface area contributed by atoms with Gasteiger partial charge in [-0.25, -0.2) is 4.39 Å². The van der Waals surface area contributed by atoms with Gasteiger partial charge in [0.2, 0.25) is 5.43 Å². The van der Waals surface area contributed by atoms with E-state index in [0.29, 0.717) is 4.43 Å². The number of aromatic nitrogens is 1. The first-order valence-corrected chi connectivity index (χ1v) is 13.0. The number of hydrogen-bond acceptors (Lipinski definition) is 5. The van der Waals surface area contributed by atoms with Gasteiger partial charge in [-0.1, -0.05) is 65.1 Å². The van der Waals surface area contributed by atoms with Gasteiger partial charge < -0.3 is 10.0 Å². The highest BCUT2D eigenvalue weighted by atomic mass is 127. The molecular formula is C24H21FIN3O3S. The first-order valence-electron chi connectivity index (χ1n) is 10.5. The topological polar surface area (TPSA) is 65.8 Å². The van der Waals surface area contributed by atoms with Crippen molar-refractivity contribution < 1.29 is 14.3 Å². The molecule has 5 rings (SSSR count). The molecule has 0 saturated carbocycles. The minimum atomic E-state index is -0.714. The van der Waals surface area contributed by atoms with Crippen LogP contribution in [0, 0.1) is 0 Å². The quantitative estimate of drug-likeness (QED) is 0.374. The average Bonchev–Trinajstić information content (AvgIpc) is 3.00. The Kier molecular flexibility index (Phi) is 6.09. The molecule has 2 aliphatic heterocycles. The van der Waals surface area contributed by atoms with Crippen LogP contribution in [0.1, 0.15) is 33.2 Å². The molecule has 9 heteroatoms. The largest absolute Gasteiger partial charge is 0.502 e. The number of halogens is 2. The number of alkyl halides is 2. The number of nitrogens with zero attached hydrogens (tertiary/aromatic N) is 3. The summed E-state index contributed by atoms with van der Waals surface area (Å²) in [5, 5.41) is 12.6. The number of hydrogen-bond donors (Lipinski definition) is 1. The van der Waals surface area contributed by atoms with E-state index < -0.39 is 29.8 Å². The van der Waals surface area contributed by atoms with Gasteiger partial charge in [-0.15, -0.1) is 11.8 Å². The van der Waals surface area contributed by atoms with Crippen LogP contribution in [0.3, 0.4) is 0 Å². The Bertz CT molecular complexity index is 1230. The molecule has 2 aliphatic rings. The Balaban J connectivity index is 1.77. The number of rotatable bonds is 4. The third-order valence-corrected chi connectivity index (χ3v) is 8.29. The predicted molar refractivity (Wildman–Crippen MR) is 135 cm³/mol. The van der Waals surface area contributed by atoms with Crippen molar-refractivity contribution in [1.82, 2.24) is 9.58 Å². The first-order chi connectivity index (χ1) is 16.0. The molecule has 2 aromatic carbocycles. The van der Waals surface area contributed by atoms with E-state index in [1.54, 1.807) is 16.4 Å². The second-order valence-corrected chi connectivity index (χ2v) is 9.87. The zero-order valence-corrected chi connectivity index (χ0v) is 20.5. The van der Waals surface area contributed by atoms with Gasteiger partial charge in [0.25, 0.3) is 5.91 Å². The summed E-state index contributed by atoms with van der Waals surface area (Å²) in [6, 6.07) is 16.5. The highest BCUT2D eigenvalue weighted by Crippen LogP contribution is 2.42. The molecule has 1 aromatic heterocycles. The van der Waals surface area contributed by atoms with E-state index in [-0.39, 0.29) is 18.4 Å². The second-order valence-electron chi connectivity index (χ2n) is 7.97. The third kappa shape index (κ3) is 3.71. The molecule has 0 bridgehead atoms. The lowest BCUT2D eigenvalue weighted by atomic mass is 9.94. The monoisotopic (exact) mass is 577 g/mol. The second kappa shape index (κ2) is 9.02. The van der Waals surface area contributed by atoms with Crippen LogP contribution in [0.15, 0.2) is 70.5 Å². The highest BCUT2D eigenvalue weighted by molar-refractivity contribution is 14.1. The maximum atomic E-state index is 13.9. The summed E-state index contributed by atoms with van der Waals surface area (Å²) in [5.41, 5.74) is 2.51. The van der Waals surface area contributed by atoms with Crippen LogP contribution in [0.2, 0.25) is 0 Å². The maximum Gasteiger partial charge on any atom is 0.278 e. The Hall–Kier alpha value is -2.53. The van der Waals surface area contributed by atoms with Gasteiger partial charge in [-0.3, -0.25) is 19.3 Å². The molecule has 3 heterocycles. The lowest BCUT2D eigenvalue weighted by molar-refractivity contribution is 0.0585. The molecule has 1 N–H and O–H groups in total. The molecule has 0 spiro atoms. The summed E-state index contributed by atoms with van der Waals surface area (Å²) >= 11 is 3.80. The fourth-order valence-corrected chi connectivity index (χ4v) is 6.27. The third-order valence-electron chi connectivity index (χ3n) is 6.13. The van der Waals surface area contributed by atoms with Crippen molar-refractivity contribution in [3.05, 3.63) is 93.4 Å². The minimum Gasteiger partial charge on any atom is -0.502 e. The van der Waals surface area contributed by atoms with Crippen molar-refractivity contribution in [2.75, 3.05) is 22.8 Å². The van der Waals surface area contributed by atoms with Crippen LogP contribution in [-0.4, -0.2) is 44.4 Å². The minimum absolute atomic E-state index is 0.115. The fraction of sp³-hybridized carbons (Fsp3) is 0.250. The van der Waals surface area contributed by atoms with Crippen LogP contribution in [0.25, 0.3) is 0 Å². The van der Waals surface area contributed by atoms with E-state index >= 15 is 0 Å². The summed E-state index contributed by atoms with van der Waals surface area (Å²) in [4.78, 5) is 28.1. The zero-order chi connectivity index (χ0) is 23.1. The normalized spacial score (nSPS) is 18.2. The lowest BCUT2D eigenvalue weighted by Gasteiger charge is -2.45. The standard InChI is InChI=1S/C24H21FIN3O3S/c25-11-16(12-26)27-14-29(28-10-9-19(30)23(31)22(28)24(27)32)21-17-6-2-1-5-15(17)13-33-20-8-4-3-7-18(20)21/h1-10,16,21,31H,11-14H2. The van der Waals surface area contributed by atoms with Gasteiger partial charge in [0.05, 0.1) is 12.1 Å². The summed E-state index contributed by atoms with van der Waals surface area (Å²) < 4.78 is 15.9. The molecule has 33 heavy (non-hydrogen) atoms. The van der Waals surface area contributed by atoms with Crippen molar-refractivity contribution in [2.24, 2.45) is 0 Å². The lowest BCUT2D eigenvalue weighted by Crippen LogP contribution is -2.59. The number of pyridine rings is 1. The number of aromatic hydroxyl groups is 1. The molecule has 3 aromatic rings. The Morgan fingerprint density at radius 3 is 2.58 bits per heavy atom. The van der Waals surface area contributed by atoms with Crippen molar-refractivity contribution in [3.8, 4) is 5.75 Å². The van der Waals surface area contributed by atoms with Crippen molar-refractivity contribution in [3.63, 3.8) is 0 Å². The van der Waals surface area contributed by atoms with Gasteiger partial charge >= 0.3 is 0 Å². The molecule has 0 aliphatic carbocycles. The zero-order valence-electron chi connectivity index (χ0n) is 17.5. The molecule has 0 radical (unpaired) electrons. The van der Waals surface area contributed by atoms with E-state index in [0.717, 1.165) is 27.3 Å². The molecule has 6 nitrogen and oxygen atoms in total. The number of amides is 1. The van der Waals surface area contributed by atoms with E-state index in [4.69, 9.17) is 0 Å². The van der Waals surface area contributed by atoms with Crippen LogP contribution >= 0.6 is 34.4 Å². The molecule has 0 saturated heterocycles. The van der Waals surface area contributed by atoms with Crippen LogP contribution < -0.4 is 10.4 Å². The Morgan fingerprint density at radius 2 is 1.82 bits per heavy atom. The van der Waals surface area contributed by atoms with E-state index in [1.807, 2.05) is 29.3 Å². The Morgan fingerprint density at radius 1 is 1.09 bits per heavy atom. The van der Waals surface area contributed by atoms with E-state index in [9.17, 15) is 19.1 Å². The molecule has 2 unspecified atom stereocenters. The SMILES string of the molecule is O=C1c2c(O)c(=O)ccn2N(C2c3ccccc3CSc3ccccc32)CN1C(CF)CI. The highest BCUT2D eigenvalue weighted by Gasteiger charge is 2.40. The number of benzene rings is 2. The summed E-state index contributed by atoms with van der Waals surface area (Å²) in [6.07, 6.45) is 1.52. The predicted octanol–water partition coefficient (Wildman–Crippen LogP) is 4.07. The van der Waals surface area contributed by atoms with Crippen LogP contribution in [0.4, 0.5) is 4.39 Å². The number of carbonyl (C=O) groups excluding carboxylic acids is 1. The number of fused-ring (bicyclic) bond motifs is 3. The van der Waals surface area contributed by atoms with Gasteiger partial charge in [-0.05, 0) is 22.8 Å². The van der Waals surface area contributed by atoms with E-state index in [1.165, 1.54) is 17.2 Å². The summed E-state index contributed by atoms with van der Waals surface area (Å²) in [6.45, 7) is -0.599. The van der Waals surface area contributed by atoms with Crippen molar-refractivity contribution in [1.29, 1.82) is 0 Å². The van der Waals surface area contributed by atoms with Gasteiger partial charge in [0.1, 0.15) is 13.3 Å². The van der Waals surface area contributed by atoms with Crippen LogP contribution in [-0.2, 0) is 5.75 Å². The smallest absolute Gasteiger partial charge is 0.278 e. The number of thioether (sulfide) groups is 1. The summed E-state index contributed by atoms with van der Waals surface area (Å²) in [7, 11) is 0. The molecule has 0 fully saturated rings. The van der Waals surface area contributed by atoms with Gasteiger partial charge in [-0.2, -0.15) is 0 Å². The van der Waals surface area contributed by atoms with E-state index in [2.05, 4.69) is 46.9 Å². The maximum absolute atomic E-state index is 13.9. The molecular weight excluding hydrogens is 556 g/mol. The number of carbonyl (C=O) groups is 1. The average molecular weight is 577 g/mol. The van der Waals surface area contributed by atoms with Crippen LogP contribution in [0.5, 0.6) is 5.75 Å². The summed E-state index contributed by atoms with van der Waals surface area (Å²) in [5.74, 6) is -0.373. The van der Waals surface area contributed by atoms with Crippen molar-refractivity contribution in [2.45, 2.75) is 22.7 Å². The van der Waals surface area contributed by atoms with Gasteiger partial charge in [0, 0.05) is 27.3 Å². The Labute approximate surface area is 208 Å². The molecule has 2 atom stereocenters. The fourth-order valence-electron chi connectivity index (χ4n) is 4.46. The molecule has 1 amide bonds. The first kappa shape index (κ1) is 22.3. The van der Waals surface area contributed by atoms with Crippen molar-refractivity contribution >= 4 is 40.3 Å².